The molecule has 2 unspecified atom stereocenters. The van der Waals surface area contributed by atoms with Crippen molar-refractivity contribution in [3.05, 3.63) is 11.1 Å². The molecule has 2 aliphatic rings. The Hall–Kier alpha value is -0.790. The van der Waals surface area contributed by atoms with Gasteiger partial charge >= 0.3 is 0 Å². The van der Waals surface area contributed by atoms with Crippen LogP contribution in [0.15, 0.2) is 11.1 Å². The first-order valence-electron chi connectivity index (χ1n) is 5.26. The van der Waals surface area contributed by atoms with E-state index in [1.165, 1.54) is 11.1 Å². The van der Waals surface area contributed by atoms with Crippen LogP contribution in [0.1, 0.15) is 40.5 Å². The Balaban J connectivity index is 2.45. The van der Waals surface area contributed by atoms with E-state index in [0.29, 0.717) is 5.91 Å². The third-order valence-electron chi connectivity index (χ3n) is 4.66. The van der Waals surface area contributed by atoms with E-state index in [4.69, 9.17) is 0 Å². The SMILES string of the molecule is CC1=C(C)CC2(C)N(C)C(=O)C2(C)C1. The molecule has 14 heavy (non-hydrogen) atoms. The molecule has 78 valence electrons. The van der Waals surface area contributed by atoms with E-state index < -0.39 is 0 Å². The number of β-lactam (4-membered cyclic amide) rings is 1. The normalized spacial score (nSPS) is 42.4. The zero-order valence-corrected chi connectivity index (χ0v) is 9.77. The van der Waals surface area contributed by atoms with Crippen LogP contribution in [0.2, 0.25) is 0 Å². The van der Waals surface area contributed by atoms with Gasteiger partial charge in [-0.15, -0.1) is 0 Å². The van der Waals surface area contributed by atoms with Crippen molar-refractivity contribution in [2.45, 2.75) is 46.1 Å². The van der Waals surface area contributed by atoms with Crippen molar-refractivity contribution >= 4 is 5.91 Å². The highest BCUT2D eigenvalue weighted by Crippen LogP contribution is 2.57. The molecule has 0 saturated carbocycles. The van der Waals surface area contributed by atoms with E-state index in [2.05, 4.69) is 27.7 Å². The van der Waals surface area contributed by atoms with Crippen molar-refractivity contribution in [3.8, 4) is 0 Å². The summed E-state index contributed by atoms with van der Waals surface area (Å²) in [6, 6.07) is 0. The first-order valence-corrected chi connectivity index (χ1v) is 5.26. The van der Waals surface area contributed by atoms with Crippen LogP contribution in [0.25, 0.3) is 0 Å². The first kappa shape index (κ1) is 9.75. The number of amides is 1. The molecule has 2 heteroatoms. The Bertz CT molecular complexity index is 344. The fourth-order valence-electron chi connectivity index (χ4n) is 3.07. The van der Waals surface area contributed by atoms with Crippen LogP contribution in [-0.2, 0) is 4.79 Å². The third kappa shape index (κ3) is 0.800. The molecule has 1 saturated heterocycles. The Kier molecular flexibility index (Phi) is 1.68. The number of rotatable bonds is 0. The van der Waals surface area contributed by atoms with Gasteiger partial charge in [-0.1, -0.05) is 11.1 Å². The quantitative estimate of drug-likeness (QED) is 0.427. The van der Waals surface area contributed by atoms with Gasteiger partial charge in [0.2, 0.25) is 5.91 Å². The fraction of sp³-hybridized carbons (Fsp3) is 0.750. The Morgan fingerprint density at radius 3 is 2.21 bits per heavy atom. The molecular weight excluding hydrogens is 174 g/mol. The van der Waals surface area contributed by atoms with Gasteiger partial charge in [0, 0.05) is 7.05 Å². The highest BCUT2D eigenvalue weighted by atomic mass is 16.2. The second kappa shape index (κ2) is 2.41. The third-order valence-corrected chi connectivity index (χ3v) is 4.66. The summed E-state index contributed by atoms with van der Waals surface area (Å²) in [7, 11) is 1.93. The molecule has 0 radical (unpaired) electrons. The Labute approximate surface area is 86.0 Å². The number of fused-ring (bicyclic) bond motifs is 1. The van der Waals surface area contributed by atoms with Crippen LogP contribution < -0.4 is 0 Å². The molecule has 2 atom stereocenters. The molecule has 1 heterocycles. The van der Waals surface area contributed by atoms with Crippen LogP contribution in [-0.4, -0.2) is 23.4 Å². The number of allylic oxidation sites excluding steroid dienone is 1. The molecule has 1 fully saturated rings. The van der Waals surface area contributed by atoms with Gasteiger partial charge in [0.1, 0.15) is 0 Å². The van der Waals surface area contributed by atoms with E-state index in [0.717, 1.165) is 12.8 Å². The van der Waals surface area contributed by atoms with Crippen molar-refractivity contribution in [1.29, 1.82) is 0 Å². The Morgan fingerprint density at radius 2 is 1.64 bits per heavy atom. The number of hydrogen-bond donors (Lipinski definition) is 0. The molecule has 1 amide bonds. The van der Waals surface area contributed by atoms with E-state index in [1.807, 2.05) is 11.9 Å². The zero-order valence-electron chi connectivity index (χ0n) is 9.77. The maximum atomic E-state index is 11.9. The maximum absolute atomic E-state index is 11.9. The van der Waals surface area contributed by atoms with Crippen molar-refractivity contribution in [1.82, 2.24) is 4.90 Å². The average molecular weight is 193 g/mol. The smallest absolute Gasteiger partial charge is 0.231 e. The number of nitrogens with zero attached hydrogens (tertiary/aromatic N) is 1. The van der Waals surface area contributed by atoms with Crippen molar-refractivity contribution in [2.75, 3.05) is 7.05 Å². The molecule has 0 aromatic heterocycles. The summed E-state index contributed by atoms with van der Waals surface area (Å²) in [6.45, 7) is 8.68. The summed E-state index contributed by atoms with van der Waals surface area (Å²) in [6.07, 6.45) is 1.98. The van der Waals surface area contributed by atoms with Crippen LogP contribution >= 0.6 is 0 Å². The predicted octanol–water partition coefficient (Wildman–Crippen LogP) is 2.35. The minimum atomic E-state index is -0.134. The molecule has 1 aliphatic carbocycles. The van der Waals surface area contributed by atoms with Gasteiger partial charge in [-0.05, 0) is 40.5 Å². The second-order valence-electron chi connectivity index (χ2n) is 5.38. The molecule has 0 spiro atoms. The largest absolute Gasteiger partial charge is 0.338 e. The summed E-state index contributed by atoms with van der Waals surface area (Å²) in [5.74, 6) is 0.312. The van der Waals surface area contributed by atoms with Crippen molar-refractivity contribution < 1.29 is 4.79 Å². The van der Waals surface area contributed by atoms with E-state index in [-0.39, 0.29) is 11.0 Å². The molecule has 2 rings (SSSR count). The summed E-state index contributed by atoms with van der Waals surface area (Å²) in [5.41, 5.74) is 2.80. The number of hydrogen-bond acceptors (Lipinski definition) is 1. The minimum Gasteiger partial charge on any atom is -0.338 e. The minimum absolute atomic E-state index is 0.0632. The summed E-state index contributed by atoms with van der Waals surface area (Å²) >= 11 is 0. The van der Waals surface area contributed by atoms with Gasteiger partial charge in [0.05, 0.1) is 11.0 Å². The number of carbonyl (C=O) groups is 1. The second-order valence-corrected chi connectivity index (χ2v) is 5.38. The molecular formula is C12H19NO. The maximum Gasteiger partial charge on any atom is 0.231 e. The van der Waals surface area contributed by atoms with Crippen LogP contribution in [0.4, 0.5) is 0 Å². The summed E-state index contributed by atoms with van der Waals surface area (Å²) in [4.78, 5) is 13.8. The van der Waals surface area contributed by atoms with Gasteiger partial charge in [0.25, 0.3) is 0 Å². The van der Waals surface area contributed by atoms with Crippen LogP contribution in [0.3, 0.4) is 0 Å². The number of likely N-dealkylation sites (tertiary alicyclic amines) is 1. The molecule has 0 aromatic carbocycles. The topological polar surface area (TPSA) is 20.3 Å². The van der Waals surface area contributed by atoms with E-state index >= 15 is 0 Å². The van der Waals surface area contributed by atoms with Gasteiger partial charge in [-0.3, -0.25) is 4.79 Å². The van der Waals surface area contributed by atoms with Crippen LogP contribution in [0, 0.1) is 5.41 Å². The highest BCUT2D eigenvalue weighted by molar-refractivity contribution is 5.92. The summed E-state index contributed by atoms with van der Waals surface area (Å²) < 4.78 is 0. The molecule has 0 aromatic rings. The number of carbonyl (C=O) groups excluding carboxylic acids is 1. The van der Waals surface area contributed by atoms with Gasteiger partial charge in [-0.25, -0.2) is 0 Å². The monoisotopic (exact) mass is 193 g/mol. The lowest BCUT2D eigenvalue weighted by atomic mass is 9.54. The molecule has 0 N–H and O–H groups in total. The molecule has 0 bridgehead atoms. The zero-order chi connectivity index (χ0) is 10.7. The Morgan fingerprint density at radius 1 is 1.14 bits per heavy atom. The van der Waals surface area contributed by atoms with Gasteiger partial charge < -0.3 is 4.90 Å². The lowest BCUT2D eigenvalue weighted by Gasteiger charge is -2.64. The van der Waals surface area contributed by atoms with Gasteiger partial charge in [0.15, 0.2) is 0 Å². The first-order chi connectivity index (χ1) is 6.33. The predicted molar refractivity (Wildman–Crippen MR) is 56.9 cm³/mol. The highest BCUT2D eigenvalue weighted by Gasteiger charge is 2.65. The van der Waals surface area contributed by atoms with E-state index in [1.54, 1.807) is 0 Å². The van der Waals surface area contributed by atoms with Crippen LogP contribution in [0.5, 0.6) is 0 Å². The average Bonchev–Trinajstić information content (AvgIpc) is 2.13. The van der Waals surface area contributed by atoms with Crippen molar-refractivity contribution in [3.63, 3.8) is 0 Å². The summed E-state index contributed by atoms with van der Waals surface area (Å²) in [5, 5.41) is 0. The lowest BCUT2D eigenvalue weighted by Crippen LogP contribution is -2.75. The van der Waals surface area contributed by atoms with Gasteiger partial charge in [-0.2, -0.15) is 0 Å². The van der Waals surface area contributed by atoms with Crippen molar-refractivity contribution in [2.24, 2.45) is 5.41 Å². The standard InChI is InChI=1S/C12H19NO/c1-8-6-11(3)10(14)13(5)12(11,4)7-9(8)2/h6-7H2,1-5H3. The molecule has 2 nitrogen and oxygen atoms in total. The molecule has 1 aliphatic heterocycles. The van der Waals surface area contributed by atoms with E-state index in [9.17, 15) is 4.79 Å². The lowest BCUT2D eigenvalue weighted by molar-refractivity contribution is -0.185. The fourth-order valence-corrected chi connectivity index (χ4v) is 3.07.